The summed E-state index contributed by atoms with van der Waals surface area (Å²) >= 11 is 0. The number of piperazine rings is 1. The first-order valence-electron chi connectivity index (χ1n) is 8.66. The molecule has 1 fully saturated rings. The SMILES string of the molecule is COc1ccc(-c2cnc(N3CCN(C(C)C)CC3)cn2)cc1OC. The Labute approximate surface area is 149 Å². The first kappa shape index (κ1) is 17.5. The Hall–Kier alpha value is -2.34. The van der Waals surface area contributed by atoms with Crippen LogP contribution in [0.15, 0.2) is 30.6 Å². The third-order valence-corrected chi connectivity index (χ3v) is 4.69. The fourth-order valence-electron chi connectivity index (χ4n) is 3.10. The third kappa shape index (κ3) is 3.85. The van der Waals surface area contributed by atoms with Gasteiger partial charge in [-0.15, -0.1) is 0 Å². The number of hydrogen-bond donors (Lipinski definition) is 0. The summed E-state index contributed by atoms with van der Waals surface area (Å²) in [6.45, 7) is 8.60. The minimum Gasteiger partial charge on any atom is -0.493 e. The maximum Gasteiger partial charge on any atom is 0.161 e. The van der Waals surface area contributed by atoms with Gasteiger partial charge in [-0.3, -0.25) is 9.88 Å². The van der Waals surface area contributed by atoms with Crippen LogP contribution in [0.4, 0.5) is 5.82 Å². The van der Waals surface area contributed by atoms with Gasteiger partial charge in [0.15, 0.2) is 11.5 Å². The van der Waals surface area contributed by atoms with Gasteiger partial charge < -0.3 is 14.4 Å². The molecule has 1 aliphatic heterocycles. The molecule has 0 spiro atoms. The van der Waals surface area contributed by atoms with Crippen LogP contribution in [0, 0.1) is 0 Å². The Morgan fingerprint density at radius 2 is 1.64 bits per heavy atom. The molecule has 1 aliphatic rings. The smallest absolute Gasteiger partial charge is 0.161 e. The fraction of sp³-hybridized carbons (Fsp3) is 0.474. The molecule has 0 saturated carbocycles. The van der Waals surface area contributed by atoms with Gasteiger partial charge in [0.1, 0.15) is 5.82 Å². The Balaban J connectivity index is 1.73. The molecule has 1 aromatic carbocycles. The Kier molecular flexibility index (Phi) is 5.38. The molecule has 0 unspecified atom stereocenters. The number of hydrogen-bond acceptors (Lipinski definition) is 6. The summed E-state index contributed by atoms with van der Waals surface area (Å²) in [7, 11) is 3.26. The predicted octanol–water partition coefficient (Wildman–Crippen LogP) is 2.69. The zero-order chi connectivity index (χ0) is 17.8. The molecule has 2 aromatic rings. The molecule has 0 radical (unpaired) electrons. The van der Waals surface area contributed by atoms with E-state index in [0.29, 0.717) is 17.5 Å². The van der Waals surface area contributed by atoms with Crippen LogP contribution < -0.4 is 14.4 Å². The van der Waals surface area contributed by atoms with E-state index in [2.05, 4.69) is 33.6 Å². The van der Waals surface area contributed by atoms with E-state index >= 15 is 0 Å². The van der Waals surface area contributed by atoms with Gasteiger partial charge >= 0.3 is 0 Å². The van der Waals surface area contributed by atoms with Crippen molar-refractivity contribution in [1.82, 2.24) is 14.9 Å². The molecule has 0 N–H and O–H groups in total. The van der Waals surface area contributed by atoms with Gasteiger partial charge in [0, 0.05) is 37.8 Å². The summed E-state index contributed by atoms with van der Waals surface area (Å²) in [6.07, 6.45) is 3.68. The maximum absolute atomic E-state index is 5.36. The number of benzene rings is 1. The predicted molar refractivity (Wildman–Crippen MR) is 99.5 cm³/mol. The molecule has 2 heterocycles. The van der Waals surface area contributed by atoms with Gasteiger partial charge in [0.25, 0.3) is 0 Å². The summed E-state index contributed by atoms with van der Waals surface area (Å²) < 4.78 is 10.6. The molecule has 3 rings (SSSR count). The number of aromatic nitrogens is 2. The van der Waals surface area contributed by atoms with Crippen molar-refractivity contribution in [1.29, 1.82) is 0 Å². The van der Waals surface area contributed by atoms with Crippen LogP contribution in [0.5, 0.6) is 11.5 Å². The van der Waals surface area contributed by atoms with E-state index in [9.17, 15) is 0 Å². The monoisotopic (exact) mass is 342 g/mol. The van der Waals surface area contributed by atoms with Gasteiger partial charge in [-0.1, -0.05) is 0 Å². The molecule has 1 saturated heterocycles. The maximum atomic E-state index is 5.36. The van der Waals surface area contributed by atoms with Crippen LogP contribution in [0.1, 0.15) is 13.8 Å². The van der Waals surface area contributed by atoms with E-state index in [1.54, 1.807) is 14.2 Å². The van der Waals surface area contributed by atoms with E-state index in [4.69, 9.17) is 9.47 Å². The van der Waals surface area contributed by atoms with Crippen molar-refractivity contribution in [3.05, 3.63) is 30.6 Å². The Bertz CT molecular complexity index is 695. The lowest BCUT2D eigenvalue weighted by molar-refractivity contribution is 0.209. The van der Waals surface area contributed by atoms with Crippen molar-refractivity contribution in [3.8, 4) is 22.8 Å². The average molecular weight is 342 g/mol. The lowest BCUT2D eigenvalue weighted by atomic mass is 10.1. The molecule has 134 valence electrons. The minimum atomic E-state index is 0.598. The summed E-state index contributed by atoms with van der Waals surface area (Å²) in [4.78, 5) is 14.0. The van der Waals surface area contributed by atoms with Crippen molar-refractivity contribution in [2.75, 3.05) is 45.3 Å². The zero-order valence-electron chi connectivity index (χ0n) is 15.4. The number of rotatable bonds is 5. The highest BCUT2D eigenvalue weighted by Gasteiger charge is 2.20. The fourth-order valence-corrected chi connectivity index (χ4v) is 3.10. The Morgan fingerprint density at radius 3 is 2.20 bits per heavy atom. The molecule has 0 amide bonds. The number of anilines is 1. The highest BCUT2D eigenvalue weighted by molar-refractivity contribution is 5.63. The second-order valence-corrected chi connectivity index (χ2v) is 6.45. The highest BCUT2D eigenvalue weighted by Crippen LogP contribution is 2.31. The van der Waals surface area contributed by atoms with Gasteiger partial charge in [-0.25, -0.2) is 4.98 Å². The van der Waals surface area contributed by atoms with E-state index in [0.717, 1.165) is 43.3 Å². The van der Waals surface area contributed by atoms with Crippen LogP contribution >= 0.6 is 0 Å². The molecule has 0 aliphatic carbocycles. The van der Waals surface area contributed by atoms with Crippen LogP contribution in [0.3, 0.4) is 0 Å². The summed E-state index contributed by atoms with van der Waals surface area (Å²) in [6, 6.07) is 6.37. The van der Waals surface area contributed by atoms with Crippen molar-refractivity contribution < 1.29 is 9.47 Å². The summed E-state index contributed by atoms with van der Waals surface area (Å²) in [5, 5.41) is 0. The first-order chi connectivity index (χ1) is 12.1. The highest BCUT2D eigenvalue weighted by atomic mass is 16.5. The van der Waals surface area contributed by atoms with E-state index in [1.165, 1.54) is 0 Å². The van der Waals surface area contributed by atoms with Crippen molar-refractivity contribution in [3.63, 3.8) is 0 Å². The normalized spacial score (nSPS) is 15.5. The van der Waals surface area contributed by atoms with Crippen LogP contribution in [0.2, 0.25) is 0 Å². The molecule has 6 nitrogen and oxygen atoms in total. The van der Waals surface area contributed by atoms with Crippen LogP contribution in [-0.4, -0.2) is 61.3 Å². The van der Waals surface area contributed by atoms with E-state index in [-0.39, 0.29) is 0 Å². The molecular weight excluding hydrogens is 316 g/mol. The third-order valence-electron chi connectivity index (χ3n) is 4.69. The number of nitrogens with zero attached hydrogens (tertiary/aromatic N) is 4. The lowest BCUT2D eigenvalue weighted by Crippen LogP contribution is -2.49. The quantitative estimate of drug-likeness (QED) is 0.833. The second-order valence-electron chi connectivity index (χ2n) is 6.45. The standard InChI is InChI=1S/C19H26N4O2/c1-14(2)22-7-9-23(10-8-22)19-13-20-16(12-21-19)15-5-6-17(24-3)18(11-15)25-4/h5-6,11-14H,7-10H2,1-4H3. The van der Waals surface area contributed by atoms with E-state index in [1.807, 2.05) is 30.6 Å². The largest absolute Gasteiger partial charge is 0.493 e. The van der Waals surface area contributed by atoms with Crippen molar-refractivity contribution in [2.45, 2.75) is 19.9 Å². The Morgan fingerprint density at radius 1 is 0.920 bits per heavy atom. The van der Waals surface area contributed by atoms with Gasteiger partial charge in [0.2, 0.25) is 0 Å². The van der Waals surface area contributed by atoms with Gasteiger partial charge in [-0.2, -0.15) is 0 Å². The molecule has 25 heavy (non-hydrogen) atoms. The first-order valence-corrected chi connectivity index (χ1v) is 8.66. The molecule has 0 atom stereocenters. The lowest BCUT2D eigenvalue weighted by Gasteiger charge is -2.37. The molecular formula is C19H26N4O2. The van der Waals surface area contributed by atoms with Crippen molar-refractivity contribution >= 4 is 5.82 Å². The van der Waals surface area contributed by atoms with Crippen LogP contribution in [0.25, 0.3) is 11.3 Å². The average Bonchev–Trinajstić information content (AvgIpc) is 2.67. The van der Waals surface area contributed by atoms with Gasteiger partial charge in [0.05, 0.1) is 32.3 Å². The molecule has 1 aromatic heterocycles. The number of methoxy groups -OCH3 is 2. The van der Waals surface area contributed by atoms with Crippen molar-refractivity contribution in [2.24, 2.45) is 0 Å². The zero-order valence-corrected chi connectivity index (χ0v) is 15.4. The summed E-state index contributed by atoms with van der Waals surface area (Å²) in [5.41, 5.74) is 1.78. The summed E-state index contributed by atoms with van der Waals surface area (Å²) in [5.74, 6) is 2.34. The van der Waals surface area contributed by atoms with Gasteiger partial charge in [-0.05, 0) is 32.0 Å². The minimum absolute atomic E-state index is 0.598. The molecule has 0 bridgehead atoms. The van der Waals surface area contributed by atoms with Crippen LogP contribution in [-0.2, 0) is 0 Å². The topological polar surface area (TPSA) is 50.7 Å². The second kappa shape index (κ2) is 7.70. The number of ether oxygens (including phenoxy) is 2. The van der Waals surface area contributed by atoms with E-state index < -0.39 is 0 Å². The molecule has 6 heteroatoms.